The summed E-state index contributed by atoms with van der Waals surface area (Å²) in [7, 11) is 1.59. The van der Waals surface area contributed by atoms with Gasteiger partial charge in [-0.25, -0.2) is 0 Å². The number of methoxy groups -OCH3 is 1. The van der Waals surface area contributed by atoms with Crippen LogP contribution >= 0.6 is 0 Å². The Morgan fingerprint density at radius 1 is 1.09 bits per heavy atom. The number of nitro benzene ring substituents is 1. The first-order valence-electron chi connectivity index (χ1n) is 14.0. The van der Waals surface area contributed by atoms with E-state index in [1.807, 2.05) is 64.1 Å². The number of carbonyl (C=O) groups is 1. The van der Waals surface area contributed by atoms with Crippen molar-refractivity contribution < 1.29 is 19.2 Å². The zero-order valence-corrected chi connectivity index (χ0v) is 24.9. The summed E-state index contributed by atoms with van der Waals surface area (Å²) < 4.78 is 11.9. The third kappa shape index (κ3) is 5.44. The number of anilines is 1. The molecule has 0 bridgehead atoms. The van der Waals surface area contributed by atoms with Crippen LogP contribution in [0.2, 0.25) is 0 Å². The number of rotatable bonds is 7. The quantitative estimate of drug-likeness (QED) is 0.241. The molecule has 0 aromatic heterocycles. The predicted molar refractivity (Wildman–Crippen MR) is 163 cm³/mol. The van der Waals surface area contributed by atoms with Crippen molar-refractivity contribution in [3.05, 3.63) is 116 Å². The lowest BCUT2D eigenvalue weighted by Gasteiger charge is -2.43. The first kappa shape index (κ1) is 29.4. The van der Waals surface area contributed by atoms with Crippen molar-refractivity contribution >= 4 is 17.2 Å². The number of ether oxygens (including phenoxy) is 2. The van der Waals surface area contributed by atoms with Crippen LogP contribution in [0.1, 0.15) is 54.9 Å². The van der Waals surface area contributed by atoms with Crippen LogP contribution in [-0.4, -0.2) is 17.8 Å². The highest BCUT2D eigenvalue weighted by molar-refractivity contribution is 6.01. The van der Waals surface area contributed by atoms with Crippen LogP contribution in [0, 0.1) is 40.7 Å². The van der Waals surface area contributed by atoms with Crippen LogP contribution < -0.4 is 20.1 Å². The van der Waals surface area contributed by atoms with E-state index in [2.05, 4.69) is 6.07 Å². The van der Waals surface area contributed by atoms with Crippen molar-refractivity contribution in [2.45, 2.75) is 53.1 Å². The van der Waals surface area contributed by atoms with E-state index in [1.54, 1.807) is 24.1 Å². The van der Waals surface area contributed by atoms with Crippen LogP contribution in [0.5, 0.6) is 11.5 Å². The van der Waals surface area contributed by atoms with Gasteiger partial charge in [-0.2, -0.15) is 5.26 Å². The van der Waals surface area contributed by atoms with E-state index >= 15 is 0 Å². The molecular weight excluding hydrogens is 544 g/mol. The van der Waals surface area contributed by atoms with Gasteiger partial charge in [-0.15, -0.1) is 0 Å². The fourth-order valence-electron chi connectivity index (χ4n) is 6.13. The van der Waals surface area contributed by atoms with Crippen molar-refractivity contribution in [3.8, 4) is 17.6 Å². The van der Waals surface area contributed by atoms with Crippen LogP contribution in [0.4, 0.5) is 11.4 Å². The average molecular weight is 579 g/mol. The molecule has 3 aromatic carbocycles. The molecule has 0 saturated carbocycles. The van der Waals surface area contributed by atoms with Crippen molar-refractivity contribution in [1.29, 1.82) is 5.26 Å². The Kier molecular flexibility index (Phi) is 7.72. The molecule has 5 rings (SSSR count). The van der Waals surface area contributed by atoms with Crippen LogP contribution in [-0.2, 0) is 11.4 Å². The van der Waals surface area contributed by atoms with Gasteiger partial charge in [0.1, 0.15) is 23.9 Å². The molecule has 220 valence electrons. The molecule has 0 saturated heterocycles. The molecular formula is C34H34N4O5. The number of nitriles is 1. The number of allylic oxidation sites excluding steroid dienone is 3. The number of benzene rings is 3. The zero-order valence-electron chi connectivity index (χ0n) is 24.9. The Labute approximate surface area is 251 Å². The van der Waals surface area contributed by atoms with Gasteiger partial charge in [0.05, 0.1) is 29.6 Å². The Hall–Kier alpha value is -5.10. The zero-order chi connectivity index (χ0) is 31.1. The molecule has 3 aromatic rings. The minimum atomic E-state index is -0.692. The Morgan fingerprint density at radius 3 is 2.37 bits per heavy atom. The van der Waals surface area contributed by atoms with Crippen LogP contribution in [0.15, 0.2) is 83.3 Å². The normalized spacial score (nSPS) is 17.8. The summed E-state index contributed by atoms with van der Waals surface area (Å²) in [6.45, 7) is 8.25. The van der Waals surface area contributed by atoms with E-state index in [4.69, 9.17) is 15.2 Å². The molecule has 2 N–H and O–H groups in total. The molecule has 0 spiro atoms. The predicted octanol–water partition coefficient (Wildman–Crippen LogP) is 6.74. The molecule has 0 fully saturated rings. The first-order valence-corrected chi connectivity index (χ1v) is 14.0. The van der Waals surface area contributed by atoms with Gasteiger partial charge >= 0.3 is 0 Å². The van der Waals surface area contributed by atoms with E-state index in [1.165, 1.54) is 12.1 Å². The molecule has 1 heterocycles. The van der Waals surface area contributed by atoms with Gasteiger partial charge in [0, 0.05) is 41.1 Å². The van der Waals surface area contributed by atoms with E-state index in [-0.39, 0.29) is 34.9 Å². The number of hydrogen-bond acceptors (Lipinski definition) is 8. The highest BCUT2D eigenvalue weighted by Gasteiger charge is 2.44. The molecule has 2 aliphatic rings. The molecule has 0 unspecified atom stereocenters. The van der Waals surface area contributed by atoms with Gasteiger partial charge in [0.25, 0.3) is 5.69 Å². The number of non-ortho nitro benzene ring substituents is 1. The number of aryl methyl sites for hydroxylation is 2. The smallest absolute Gasteiger partial charge is 0.269 e. The Morgan fingerprint density at radius 2 is 1.77 bits per heavy atom. The van der Waals surface area contributed by atoms with Gasteiger partial charge in [-0.05, 0) is 66.6 Å². The fourth-order valence-corrected chi connectivity index (χ4v) is 6.13. The second-order valence-electron chi connectivity index (χ2n) is 11.8. The van der Waals surface area contributed by atoms with Crippen LogP contribution in [0.25, 0.3) is 0 Å². The van der Waals surface area contributed by atoms with Crippen LogP contribution in [0.3, 0.4) is 0 Å². The topological polar surface area (TPSA) is 132 Å². The third-order valence-electron chi connectivity index (χ3n) is 8.12. The van der Waals surface area contributed by atoms with E-state index in [9.17, 15) is 20.2 Å². The standard InChI is InChI=1S/C34H34N4O5/c1-20-7-6-8-21(2)32(20)43-19-23-15-22(9-14-29(23)42-5)30-26(18-35)33(36)37(24-10-12-25(13-11-24)38(40)41)27-16-34(3,4)17-28(39)31(27)30/h6-15,30H,16-17,19,36H2,1-5H3/t30-/m0/s1. The highest BCUT2D eigenvalue weighted by Crippen LogP contribution is 2.50. The summed E-state index contributed by atoms with van der Waals surface area (Å²) in [5.41, 5.74) is 11.8. The lowest BCUT2D eigenvalue weighted by atomic mass is 9.68. The molecule has 0 amide bonds. The minimum absolute atomic E-state index is 0.0624. The number of para-hydroxylation sites is 1. The van der Waals surface area contributed by atoms with E-state index < -0.39 is 10.8 Å². The molecule has 9 nitrogen and oxygen atoms in total. The number of ketones is 1. The second-order valence-corrected chi connectivity index (χ2v) is 11.8. The third-order valence-corrected chi connectivity index (χ3v) is 8.12. The first-order chi connectivity index (χ1) is 20.5. The number of nitrogens with zero attached hydrogens (tertiary/aromatic N) is 3. The van der Waals surface area contributed by atoms with Crippen molar-refractivity contribution in [2.75, 3.05) is 12.0 Å². The summed E-state index contributed by atoms with van der Waals surface area (Å²) in [6.07, 6.45) is 0.841. The average Bonchev–Trinajstić information content (AvgIpc) is 2.95. The second kappa shape index (κ2) is 11.3. The van der Waals surface area contributed by atoms with E-state index in [0.717, 1.165) is 28.0 Å². The van der Waals surface area contributed by atoms with Gasteiger partial charge in [0.2, 0.25) is 0 Å². The summed E-state index contributed by atoms with van der Waals surface area (Å²) >= 11 is 0. The number of nitro groups is 1. The Balaban J connectivity index is 1.64. The van der Waals surface area contributed by atoms with E-state index in [0.29, 0.717) is 35.5 Å². The number of hydrogen-bond donors (Lipinski definition) is 1. The summed E-state index contributed by atoms with van der Waals surface area (Å²) in [6, 6.07) is 19.8. The van der Waals surface area contributed by atoms with Gasteiger partial charge in [-0.3, -0.25) is 19.8 Å². The lowest BCUT2D eigenvalue weighted by Crippen LogP contribution is -2.42. The summed E-state index contributed by atoms with van der Waals surface area (Å²) in [5.74, 6) is 0.854. The minimum Gasteiger partial charge on any atom is -0.496 e. The summed E-state index contributed by atoms with van der Waals surface area (Å²) in [4.78, 5) is 26.4. The lowest BCUT2D eigenvalue weighted by molar-refractivity contribution is -0.384. The highest BCUT2D eigenvalue weighted by atomic mass is 16.6. The van der Waals surface area contributed by atoms with Crippen molar-refractivity contribution in [1.82, 2.24) is 0 Å². The molecule has 9 heteroatoms. The summed E-state index contributed by atoms with van der Waals surface area (Å²) in [5, 5.41) is 21.7. The molecule has 1 aliphatic carbocycles. The Bertz CT molecular complexity index is 1710. The monoisotopic (exact) mass is 578 g/mol. The van der Waals surface area contributed by atoms with Gasteiger partial charge in [0.15, 0.2) is 5.78 Å². The SMILES string of the molecule is COc1ccc([C@H]2C(C#N)=C(N)N(c3ccc([N+](=O)[O-])cc3)C3=C2C(=O)CC(C)(C)C3)cc1COc1c(C)cccc1C. The van der Waals surface area contributed by atoms with Gasteiger partial charge in [-0.1, -0.05) is 38.1 Å². The number of Topliss-reactive ketones (excluding diaryl/α,β-unsaturated/α-hetero) is 1. The fraction of sp³-hybridized carbons (Fsp3) is 0.294. The van der Waals surface area contributed by atoms with Crippen molar-refractivity contribution in [3.63, 3.8) is 0 Å². The number of nitrogens with two attached hydrogens (primary N) is 1. The largest absolute Gasteiger partial charge is 0.496 e. The van der Waals surface area contributed by atoms with Crippen molar-refractivity contribution in [2.24, 2.45) is 11.1 Å². The molecule has 43 heavy (non-hydrogen) atoms. The maximum atomic E-state index is 13.9. The molecule has 1 atom stereocenters. The number of carbonyl (C=O) groups excluding carboxylic acids is 1. The maximum Gasteiger partial charge on any atom is 0.269 e. The maximum absolute atomic E-state index is 13.9. The van der Waals surface area contributed by atoms with Gasteiger partial charge < -0.3 is 15.2 Å². The molecule has 0 radical (unpaired) electrons. The molecule has 1 aliphatic heterocycles.